The number of benzene rings is 1. The Bertz CT molecular complexity index is 1460. The molecule has 2 aromatic heterocycles. The number of nitrogens with one attached hydrogen (secondary N) is 3. The summed E-state index contributed by atoms with van der Waals surface area (Å²) in [6.45, 7) is 3.07. The maximum Gasteiger partial charge on any atom is 0.258 e. The number of pyridine rings is 1. The van der Waals surface area contributed by atoms with Crippen LogP contribution in [0.4, 0.5) is 5.13 Å². The molecule has 3 N–H and O–H groups in total. The molecule has 8 nitrogen and oxygen atoms in total. The molecule has 1 amide bonds. The fourth-order valence-corrected chi connectivity index (χ4v) is 4.16. The van der Waals surface area contributed by atoms with Crippen molar-refractivity contribution >= 4 is 45.8 Å². The van der Waals surface area contributed by atoms with E-state index in [2.05, 4.69) is 22.1 Å². The van der Waals surface area contributed by atoms with E-state index in [-0.39, 0.29) is 23.9 Å². The number of hydrogen-bond donors (Lipinski definition) is 3. The van der Waals surface area contributed by atoms with E-state index in [4.69, 9.17) is 27.2 Å². The number of aryl methyl sites for hydroxylation is 1. The second-order valence-corrected chi connectivity index (χ2v) is 9.60. The van der Waals surface area contributed by atoms with Gasteiger partial charge in [-0.2, -0.15) is 0 Å². The predicted octanol–water partition coefficient (Wildman–Crippen LogP) is 4.94. The summed E-state index contributed by atoms with van der Waals surface area (Å²) < 4.78 is 6.24. The van der Waals surface area contributed by atoms with E-state index in [0.29, 0.717) is 27.2 Å². The van der Waals surface area contributed by atoms with E-state index in [1.807, 2.05) is 13.0 Å². The van der Waals surface area contributed by atoms with Crippen LogP contribution < -0.4 is 10.9 Å². The van der Waals surface area contributed by atoms with Crippen LogP contribution in [0.15, 0.2) is 41.5 Å². The number of anilines is 1. The van der Waals surface area contributed by atoms with Crippen molar-refractivity contribution < 1.29 is 9.53 Å². The zero-order chi connectivity index (χ0) is 25.1. The van der Waals surface area contributed by atoms with E-state index in [0.717, 1.165) is 23.3 Å². The Hall–Kier alpha value is -3.74. The molecule has 0 spiro atoms. The Morgan fingerprint density at radius 2 is 2.09 bits per heavy atom. The van der Waals surface area contributed by atoms with Gasteiger partial charge >= 0.3 is 0 Å². The molecule has 1 fully saturated rings. The molecule has 1 aliphatic carbocycles. The lowest BCUT2D eigenvalue weighted by Gasteiger charge is -2.15. The molecule has 1 saturated carbocycles. The van der Waals surface area contributed by atoms with Gasteiger partial charge in [0.15, 0.2) is 11.0 Å². The highest BCUT2D eigenvalue weighted by Crippen LogP contribution is 2.30. The van der Waals surface area contributed by atoms with Crippen LogP contribution in [-0.2, 0) is 11.3 Å². The average Bonchev–Trinajstić information content (AvgIpc) is 3.52. The Morgan fingerprint density at radius 1 is 1.31 bits per heavy atom. The van der Waals surface area contributed by atoms with Crippen LogP contribution in [0.2, 0.25) is 5.02 Å². The molecule has 2 heterocycles. The molecule has 0 aliphatic heterocycles. The van der Waals surface area contributed by atoms with Crippen molar-refractivity contribution in [1.29, 1.82) is 10.8 Å². The number of rotatable bonds is 5. The molecule has 0 bridgehead atoms. The molecule has 0 radical (unpaired) electrons. The molecular weight excluding hydrogens is 486 g/mol. The third kappa shape index (κ3) is 6.23. The fourth-order valence-electron chi connectivity index (χ4n) is 3.31. The maximum absolute atomic E-state index is 13.3. The standard InChI is InChI=1S/C25H22ClN5O3S/c1-14-3-7-17(26)9-19(14)21-12-31(13-22(28)34-15(2)27)23(32)10-20(21)24(33)30-25-29-11-18(35-25)8-6-16-4-5-16/h3,7,9-12,16,27-28H,4-5,13H2,1-2H3,(H,29,30,33). The normalized spacial score (nSPS) is 12.4. The van der Waals surface area contributed by atoms with Gasteiger partial charge in [0.1, 0.15) is 6.54 Å². The zero-order valence-corrected chi connectivity index (χ0v) is 20.6. The molecule has 1 aromatic carbocycles. The number of halogens is 1. The third-order valence-corrected chi connectivity index (χ3v) is 6.22. The summed E-state index contributed by atoms with van der Waals surface area (Å²) in [6.07, 6.45) is 5.37. The highest BCUT2D eigenvalue weighted by atomic mass is 35.5. The van der Waals surface area contributed by atoms with E-state index in [1.54, 1.807) is 18.3 Å². The number of hydrogen-bond acceptors (Lipinski definition) is 7. The number of nitrogens with zero attached hydrogens (tertiary/aromatic N) is 2. The van der Waals surface area contributed by atoms with Crippen LogP contribution in [-0.4, -0.2) is 27.3 Å². The van der Waals surface area contributed by atoms with Crippen molar-refractivity contribution in [3.8, 4) is 23.0 Å². The quantitative estimate of drug-likeness (QED) is 0.257. The van der Waals surface area contributed by atoms with E-state index >= 15 is 0 Å². The summed E-state index contributed by atoms with van der Waals surface area (Å²) in [5, 5.41) is 18.9. The Balaban J connectivity index is 1.70. The van der Waals surface area contributed by atoms with Gasteiger partial charge in [0.2, 0.25) is 5.90 Å². The smallest absolute Gasteiger partial charge is 0.258 e. The topological polar surface area (TPSA) is 121 Å². The lowest BCUT2D eigenvalue weighted by molar-refractivity contribution is 0.102. The highest BCUT2D eigenvalue weighted by molar-refractivity contribution is 7.16. The predicted molar refractivity (Wildman–Crippen MR) is 138 cm³/mol. The number of ether oxygens (including phenoxy) is 1. The van der Waals surface area contributed by atoms with E-state index in [1.165, 1.54) is 35.1 Å². The summed E-state index contributed by atoms with van der Waals surface area (Å²) in [7, 11) is 0. The molecular formula is C25H22ClN5O3S. The fraction of sp³-hybridized carbons (Fsp3) is 0.240. The Labute approximate surface area is 211 Å². The molecule has 3 aromatic rings. The van der Waals surface area contributed by atoms with Gasteiger partial charge in [0, 0.05) is 35.7 Å². The molecule has 0 atom stereocenters. The first-order valence-corrected chi connectivity index (χ1v) is 12.0. The largest absolute Gasteiger partial charge is 0.428 e. The summed E-state index contributed by atoms with van der Waals surface area (Å²) in [4.78, 5) is 31.1. The van der Waals surface area contributed by atoms with Crippen molar-refractivity contribution in [2.75, 3.05) is 5.32 Å². The molecule has 1 aliphatic rings. The van der Waals surface area contributed by atoms with Crippen molar-refractivity contribution in [1.82, 2.24) is 9.55 Å². The Kier molecular flexibility index (Phi) is 7.15. The lowest BCUT2D eigenvalue weighted by atomic mass is 9.97. The van der Waals surface area contributed by atoms with Gasteiger partial charge in [0.25, 0.3) is 11.5 Å². The minimum atomic E-state index is -0.499. The first-order valence-electron chi connectivity index (χ1n) is 10.8. The highest BCUT2D eigenvalue weighted by Gasteiger charge is 2.20. The number of carbonyl (C=O) groups is 1. The van der Waals surface area contributed by atoms with Gasteiger partial charge in [0.05, 0.1) is 16.6 Å². The SMILES string of the molecule is CC(=N)OC(=N)Cn1cc(-c2cc(Cl)ccc2C)c(C(=O)Nc2ncc(C#CC3CC3)s2)cc1=O. The Morgan fingerprint density at radius 3 is 2.80 bits per heavy atom. The number of amides is 1. The molecule has 178 valence electrons. The van der Waals surface area contributed by atoms with Crippen molar-refractivity contribution in [3.63, 3.8) is 0 Å². The summed E-state index contributed by atoms with van der Waals surface area (Å²) in [5.74, 6) is 5.77. The van der Waals surface area contributed by atoms with Crippen LogP contribution in [0.5, 0.6) is 0 Å². The first kappa shape index (κ1) is 24.4. The minimum Gasteiger partial charge on any atom is -0.428 e. The van der Waals surface area contributed by atoms with Gasteiger partial charge in [-0.15, -0.1) is 0 Å². The number of aromatic nitrogens is 2. The maximum atomic E-state index is 13.3. The van der Waals surface area contributed by atoms with Gasteiger partial charge in [-0.3, -0.25) is 25.7 Å². The molecule has 4 rings (SSSR count). The van der Waals surface area contributed by atoms with Crippen molar-refractivity contribution in [3.05, 3.63) is 68.0 Å². The monoisotopic (exact) mass is 507 g/mol. The van der Waals surface area contributed by atoms with Gasteiger partial charge < -0.3 is 9.30 Å². The third-order valence-electron chi connectivity index (χ3n) is 5.15. The van der Waals surface area contributed by atoms with Crippen LogP contribution in [0.25, 0.3) is 11.1 Å². The van der Waals surface area contributed by atoms with Crippen LogP contribution in [0.1, 0.15) is 40.6 Å². The lowest BCUT2D eigenvalue weighted by Crippen LogP contribution is -2.27. The number of carbonyl (C=O) groups excluding carboxylic acids is 1. The molecule has 35 heavy (non-hydrogen) atoms. The summed E-state index contributed by atoms with van der Waals surface area (Å²) >= 11 is 7.50. The van der Waals surface area contributed by atoms with Crippen LogP contribution >= 0.6 is 22.9 Å². The molecule has 10 heteroatoms. The van der Waals surface area contributed by atoms with Crippen molar-refractivity contribution in [2.24, 2.45) is 5.92 Å². The molecule has 0 unspecified atom stereocenters. The molecule has 0 saturated heterocycles. The summed E-state index contributed by atoms with van der Waals surface area (Å²) in [6, 6.07) is 6.50. The van der Waals surface area contributed by atoms with Crippen LogP contribution in [0.3, 0.4) is 0 Å². The second-order valence-electron chi connectivity index (χ2n) is 8.13. The van der Waals surface area contributed by atoms with Gasteiger partial charge in [-0.05, 0) is 43.0 Å². The minimum absolute atomic E-state index is 0.146. The van der Waals surface area contributed by atoms with E-state index < -0.39 is 11.5 Å². The van der Waals surface area contributed by atoms with Gasteiger partial charge in [-0.25, -0.2) is 4.98 Å². The summed E-state index contributed by atoms with van der Waals surface area (Å²) in [5.41, 5.74) is 1.63. The average molecular weight is 508 g/mol. The second kappa shape index (κ2) is 10.3. The first-order chi connectivity index (χ1) is 16.7. The van der Waals surface area contributed by atoms with E-state index in [9.17, 15) is 9.59 Å². The number of thiazole rings is 1. The van der Waals surface area contributed by atoms with Gasteiger partial charge in [-0.1, -0.05) is 40.8 Å². The van der Waals surface area contributed by atoms with Crippen molar-refractivity contribution in [2.45, 2.75) is 33.2 Å². The zero-order valence-electron chi connectivity index (χ0n) is 19.1. The van der Waals surface area contributed by atoms with Crippen LogP contribution in [0, 0.1) is 35.5 Å².